The van der Waals surface area contributed by atoms with Gasteiger partial charge in [0.1, 0.15) is 0 Å². The van der Waals surface area contributed by atoms with E-state index in [0.717, 1.165) is 22.3 Å². The number of Topliss-reactive ketones (excluding diaryl/α,β-unsaturated/α-hetero) is 1. The third kappa shape index (κ3) is 4.63. The molecule has 0 aromatic heterocycles. The summed E-state index contributed by atoms with van der Waals surface area (Å²) in [6.45, 7) is 7.31. The smallest absolute Gasteiger partial charge is 0.160 e. The van der Waals surface area contributed by atoms with Gasteiger partial charge in [-0.25, -0.2) is 0 Å². The first-order valence-electron chi connectivity index (χ1n) is 6.73. The molecule has 1 N–H and O–H groups in total. The van der Waals surface area contributed by atoms with Gasteiger partial charge in [-0.2, -0.15) is 0 Å². The fourth-order valence-electron chi connectivity index (χ4n) is 2.02. The van der Waals surface area contributed by atoms with Crippen molar-refractivity contribution >= 4 is 5.78 Å². The van der Waals surface area contributed by atoms with Crippen LogP contribution in [0.5, 0.6) is 0 Å². The van der Waals surface area contributed by atoms with E-state index in [-0.39, 0.29) is 11.9 Å². The van der Waals surface area contributed by atoms with Crippen molar-refractivity contribution < 1.29 is 9.90 Å². The number of rotatable bonds is 2. The minimum atomic E-state index is -0.346. The summed E-state index contributed by atoms with van der Waals surface area (Å²) in [5.74, 6) is 0.137. The van der Waals surface area contributed by atoms with Crippen molar-refractivity contribution in [3.05, 3.63) is 70.8 Å². The molecule has 2 nitrogen and oxygen atoms in total. The molecule has 0 spiro atoms. The molecule has 2 aromatic rings. The van der Waals surface area contributed by atoms with Crippen molar-refractivity contribution in [3.63, 3.8) is 0 Å². The molecule has 0 saturated carbocycles. The van der Waals surface area contributed by atoms with E-state index >= 15 is 0 Å². The van der Waals surface area contributed by atoms with Gasteiger partial charge in [-0.05, 0) is 44.4 Å². The second-order valence-corrected chi connectivity index (χ2v) is 4.90. The highest BCUT2D eigenvalue weighted by Crippen LogP contribution is 2.15. The second-order valence-electron chi connectivity index (χ2n) is 4.90. The van der Waals surface area contributed by atoms with Crippen molar-refractivity contribution in [2.75, 3.05) is 0 Å². The normalized spacial score (nSPS) is 11.2. The van der Waals surface area contributed by atoms with Crippen LogP contribution >= 0.6 is 0 Å². The standard InChI is InChI=1S/C9H12O.C9H10O/c2*1-7-5-3-4-6-9(7)8(2)10/h3-6,8,10H,1-2H3;3-6H,1-2H3. The Morgan fingerprint density at radius 2 is 1.45 bits per heavy atom. The van der Waals surface area contributed by atoms with Crippen LogP contribution in [0, 0.1) is 13.8 Å². The molecule has 20 heavy (non-hydrogen) atoms. The molecule has 106 valence electrons. The lowest BCUT2D eigenvalue weighted by molar-refractivity contribution is 0.101. The van der Waals surface area contributed by atoms with Gasteiger partial charge in [0, 0.05) is 5.56 Å². The number of carbonyl (C=O) groups excluding carboxylic acids is 1. The van der Waals surface area contributed by atoms with E-state index in [0.29, 0.717) is 0 Å². The Hall–Kier alpha value is -1.93. The van der Waals surface area contributed by atoms with Crippen LogP contribution in [0.25, 0.3) is 0 Å². The molecule has 1 unspecified atom stereocenters. The van der Waals surface area contributed by atoms with Gasteiger partial charge in [0.25, 0.3) is 0 Å². The second kappa shape index (κ2) is 7.61. The Morgan fingerprint density at radius 3 is 1.80 bits per heavy atom. The number of carbonyl (C=O) groups is 1. The number of hydrogen-bond donors (Lipinski definition) is 1. The first-order valence-corrected chi connectivity index (χ1v) is 6.73. The van der Waals surface area contributed by atoms with Gasteiger partial charge >= 0.3 is 0 Å². The predicted octanol–water partition coefficient (Wildman–Crippen LogP) is 4.25. The van der Waals surface area contributed by atoms with E-state index in [9.17, 15) is 9.90 Å². The molecule has 2 rings (SSSR count). The molecule has 0 heterocycles. The molecule has 0 aliphatic carbocycles. The van der Waals surface area contributed by atoms with Gasteiger partial charge in [-0.1, -0.05) is 48.5 Å². The third-order valence-electron chi connectivity index (χ3n) is 3.16. The maximum Gasteiger partial charge on any atom is 0.160 e. The van der Waals surface area contributed by atoms with Gasteiger partial charge in [0.2, 0.25) is 0 Å². The lowest BCUT2D eigenvalue weighted by atomic mass is 10.1. The molecular weight excluding hydrogens is 248 g/mol. The summed E-state index contributed by atoms with van der Waals surface area (Å²) in [6, 6.07) is 15.5. The number of aryl methyl sites for hydroxylation is 2. The van der Waals surface area contributed by atoms with Crippen molar-refractivity contribution in [2.24, 2.45) is 0 Å². The lowest BCUT2D eigenvalue weighted by Gasteiger charge is -2.06. The van der Waals surface area contributed by atoms with E-state index < -0.39 is 0 Å². The molecule has 0 saturated heterocycles. The summed E-state index contributed by atoms with van der Waals surface area (Å²) in [5.41, 5.74) is 4.04. The summed E-state index contributed by atoms with van der Waals surface area (Å²) in [4.78, 5) is 10.9. The Kier molecular flexibility index (Phi) is 6.13. The average Bonchev–Trinajstić information content (AvgIpc) is 2.40. The monoisotopic (exact) mass is 270 g/mol. The van der Waals surface area contributed by atoms with Gasteiger partial charge in [-0.3, -0.25) is 4.79 Å². The number of hydrogen-bond acceptors (Lipinski definition) is 2. The molecule has 0 fully saturated rings. The zero-order chi connectivity index (χ0) is 15.1. The maximum atomic E-state index is 10.9. The Bertz CT molecular complexity index is 571. The third-order valence-corrected chi connectivity index (χ3v) is 3.16. The first-order chi connectivity index (χ1) is 9.43. The molecule has 0 aliphatic rings. The molecular formula is C18H22O2. The number of benzene rings is 2. The van der Waals surface area contributed by atoms with Crippen LogP contribution in [-0.4, -0.2) is 10.9 Å². The molecule has 0 bridgehead atoms. The minimum absolute atomic E-state index is 0.137. The van der Waals surface area contributed by atoms with E-state index in [4.69, 9.17) is 0 Å². The van der Waals surface area contributed by atoms with Gasteiger partial charge in [-0.15, -0.1) is 0 Å². The van der Waals surface area contributed by atoms with Crippen LogP contribution in [0.15, 0.2) is 48.5 Å². The molecule has 0 amide bonds. The van der Waals surface area contributed by atoms with Crippen molar-refractivity contribution in [1.82, 2.24) is 0 Å². The number of aliphatic hydroxyl groups excluding tert-OH is 1. The number of aliphatic hydroxyl groups is 1. The molecule has 2 heteroatoms. The van der Waals surface area contributed by atoms with Crippen LogP contribution in [0.1, 0.15) is 47.0 Å². The summed E-state index contributed by atoms with van der Waals surface area (Å²) in [7, 11) is 0. The Labute approximate surface area is 121 Å². The molecule has 1 atom stereocenters. The fourth-order valence-corrected chi connectivity index (χ4v) is 2.02. The maximum absolute atomic E-state index is 10.9. The summed E-state index contributed by atoms with van der Waals surface area (Å²) < 4.78 is 0. The predicted molar refractivity (Wildman–Crippen MR) is 83.0 cm³/mol. The van der Waals surface area contributed by atoms with Crippen molar-refractivity contribution in [2.45, 2.75) is 33.8 Å². The summed E-state index contributed by atoms with van der Waals surface area (Å²) >= 11 is 0. The van der Waals surface area contributed by atoms with E-state index in [1.54, 1.807) is 13.8 Å². The topological polar surface area (TPSA) is 37.3 Å². The van der Waals surface area contributed by atoms with E-state index in [1.165, 1.54) is 0 Å². The minimum Gasteiger partial charge on any atom is -0.389 e. The van der Waals surface area contributed by atoms with Crippen molar-refractivity contribution in [3.8, 4) is 0 Å². The summed E-state index contributed by atoms with van der Waals surface area (Å²) in [6.07, 6.45) is -0.346. The molecule has 2 aromatic carbocycles. The van der Waals surface area contributed by atoms with Gasteiger partial charge in [0.15, 0.2) is 5.78 Å². The fraction of sp³-hybridized carbons (Fsp3) is 0.278. The SMILES string of the molecule is CC(=O)c1ccccc1C.Cc1ccccc1C(C)O. The van der Waals surface area contributed by atoms with E-state index in [1.807, 2.05) is 62.4 Å². The number of ketones is 1. The van der Waals surface area contributed by atoms with Gasteiger partial charge < -0.3 is 5.11 Å². The van der Waals surface area contributed by atoms with Crippen LogP contribution in [0.4, 0.5) is 0 Å². The van der Waals surface area contributed by atoms with E-state index in [2.05, 4.69) is 0 Å². The van der Waals surface area contributed by atoms with Gasteiger partial charge in [0.05, 0.1) is 6.10 Å². The molecule has 0 radical (unpaired) electrons. The zero-order valence-corrected chi connectivity index (χ0v) is 12.6. The quantitative estimate of drug-likeness (QED) is 0.828. The van der Waals surface area contributed by atoms with Crippen LogP contribution < -0.4 is 0 Å². The Morgan fingerprint density at radius 1 is 0.950 bits per heavy atom. The van der Waals surface area contributed by atoms with Crippen LogP contribution in [0.2, 0.25) is 0 Å². The zero-order valence-electron chi connectivity index (χ0n) is 12.6. The highest BCUT2D eigenvalue weighted by Gasteiger charge is 2.01. The highest BCUT2D eigenvalue weighted by molar-refractivity contribution is 5.95. The summed E-state index contributed by atoms with van der Waals surface area (Å²) in [5, 5.41) is 9.20. The Balaban J connectivity index is 0.000000200. The lowest BCUT2D eigenvalue weighted by Crippen LogP contribution is -1.93. The molecule has 0 aliphatic heterocycles. The highest BCUT2D eigenvalue weighted by atomic mass is 16.3. The van der Waals surface area contributed by atoms with Crippen LogP contribution in [-0.2, 0) is 0 Å². The van der Waals surface area contributed by atoms with Crippen molar-refractivity contribution in [1.29, 1.82) is 0 Å². The average molecular weight is 270 g/mol. The van der Waals surface area contributed by atoms with Crippen LogP contribution in [0.3, 0.4) is 0 Å². The largest absolute Gasteiger partial charge is 0.389 e. The first kappa shape index (κ1) is 16.1.